The van der Waals surface area contributed by atoms with E-state index in [1.54, 1.807) is 18.4 Å². The molecule has 0 aliphatic rings. The van der Waals surface area contributed by atoms with Gasteiger partial charge in [0.1, 0.15) is 5.01 Å². The number of hydrogen-bond donors (Lipinski definition) is 1. The molecule has 1 heterocycles. The summed E-state index contributed by atoms with van der Waals surface area (Å²) >= 11 is 5.24. The first-order chi connectivity index (χ1) is 9.20. The molecule has 0 radical (unpaired) electrons. The lowest BCUT2D eigenvalue weighted by molar-refractivity contribution is 0.199. The first-order valence-electron chi connectivity index (χ1n) is 6.12. The Labute approximate surface area is 126 Å². The lowest BCUT2D eigenvalue weighted by atomic mass is 10.1. The predicted molar refractivity (Wildman–Crippen MR) is 83.6 cm³/mol. The van der Waals surface area contributed by atoms with Gasteiger partial charge in [-0.1, -0.05) is 28.1 Å². The smallest absolute Gasteiger partial charge is 0.107 e. The lowest BCUT2D eigenvalue weighted by Gasteiger charge is -2.00. The van der Waals surface area contributed by atoms with Crippen LogP contribution in [0.5, 0.6) is 0 Å². The van der Waals surface area contributed by atoms with Gasteiger partial charge in [-0.3, -0.25) is 0 Å². The van der Waals surface area contributed by atoms with Gasteiger partial charge in [0.05, 0.1) is 12.3 Å². The minimum atomic E-state index is 0.725. The zero-order chi connectivity index (χ0) is 13.7. The van der Waals surface area contributed by atoms with Crippen molar-refractivity contribution in [3.8, 4) is 11.3 Å². The second-order valence-electron chi connectivity index (χ2n) is 4.19. The van der Waals surface area contributed by atoms with Gasteiger partial charge >= 0.3 is 0 Å². The number of aromatic nitrogens is 1. The first kappa shape index (κ1) is 14.7. The van der Waals surface area contributed by atoms with Crippen molar-refractivity contribution in [1.29, 1.82) is 0 Å². The van der Waals surface area contributed by atoms with Gasteiger partial charge in [-0.15, -0.1) is 11.3 Å². The second-order valence-corrected chi connectivity index (χ2v) is 6.40. The molecule has 0 unspecified atom stereocenters. The minimum absolute atomic E-state index is 0.725. The highest BCUT2D eigenvalue weighted by Gasteiger charge is 2.09. The predicted octanol–water partition coefficient (Wildman–Crippen LogP) is 3.62. The average Bonchev–Trinajstić information content (AvgIpc) is 2.76. The number of methoxy groups -OCH3 is 1. The van der Waals surface area contributed by atoms with Crippen LogP contribution >= 0.6 is 27.3 Å². The van der Waals surface area contributed by atoms with Crippen molar-refractivity contribution in [1.82, 2.24) is 10.3 Å². The van der Waals surface area contributed by atoms with Crippen molar-refractivity contribution in [2.75, 3.05) is 20.3 Å². The van der Waals surface area contributed by atoms with Crippen LogP contribution in [0, 0.1) is 6.92 Å². The molecular formula is C14H17BrN2OS. The van der Waals surface area contributed by atoms with Crippen molar-refractivity contribution in [2.45, 2.75) is 13.5 Å². The Bertz CT molecular complexity index is 542. The van der Waals surface area contributed by atoms with Crippen LogP contribution in [0.4, 0.5) is 0 Å². The molecule has 0 spiro atoms. The molecule has 0 amide bonds. The number of aryl methyl sites for hydroxylation is 1. The maximum absolute atomic E-state index is 5.01. The number of nitrogens with zero attached hydrogens (tertiary/aromatic N) is 1. The molecule has 0 bridgehead atoms. The summed E-state index contributed by atoms with van der Waals surface area (Å²) in [6.07, 6.45) is 0. The van der Waals surface area contributed by atoms with Crippen LogP contribution in [0.3, 0.4) is 0 Å². The molecule has 1 aromatic heterocycles. The summed E-state index contributed by atoms with van der Waals surface area (Å²) in [4.78, 5) is 5.96. The maximum atomic E-state index is 5.01. The molecule has 19 heavy (non-hydrogen) atoms. The number of benzene rings is 1. The molecule has 3 nitrogen and oxygen atoms in total. The van der Waals surface area contributed by atoms with Crippen LogP contribution in [0.25, 0.3) is 11.3 Å². The third kappa shape index (κ3) is 4.11. The highest BCUT2D eigenvalue weighted by molar-refractivity contribution is 9.10. The van der Waals surface area contributed by atoms with Gasteiger partial charge < -0.3 is 10.1 Å². The van der Waals surface area contributed by atoms with Gasteiger partial charge in [-0.25, -0.2) is 4.98 Å². The van der Waals surface area contributed by atoms with Crippen molar-refractivity contribution in [3.05, 3.63) is 38.6 Å². The molecule has 0 saturated carbocycles. The van der Waals surface area contributed by atoms with E-state index >= 15 is 0 Å². The summed E-state index contributed by atoms with van der Waals surface area (Å²) < 4.78 is 6.09. The number of rotatable bonds is 6. The summed E-state index contributed by atoms with van der Waals surface area (Å²) in [7, 11) is 1.71. The standard InChI is InChI=1S/C14H17BrN2OS/c1-10-14(11-4-3-5-12(15)8-11)17-13(19-10)9-16-6-7-18-2/h3-5,8,16H,6-7,9H2,1-2H3. The van der Waals surface area contributed by atoms with Gasteiger partial charge in [0.2, 0.25) is 0 Å². The van der Waals surface area contributed by atoms with E-state index in [0.717, 1.165) is 40.4 Å². The van der Waals surface area contributed by atoms with Gasteiger partial charge in [0.15, 0.2) is 0 Å². The number of halogens is 1. The fraction of sp³-hybridized carbons (Fsp3) is 0.357. The highest BCUT2D eigenvalue weighted by Crippen LogP contribution is 2.29. The Morgan fingerprint density at radius 3 is 3.00 bits per heavy atom. The molecule has 0 fully saturated rings. The van der Waals surface area contributed by atoms with Gasteiger partial charge in [-0.2, -0.15) is 0 Å². The van der Waals surface area contributed by atoms with Crippen LogP contribution in [0.15, 0.2) is 28.7 Å². The van der Waals surface area contributed by atoms with Gasteiger partial charge in [0.25, 0.3) is 0 Å². The Morgan fingerprint density at radius 2 is 2.26 bits per heavy atom. The SMILES string of the molecule is COCCNCc1nc(-c2cccc(Br)c2)c(C)s1. The molecule has 0 atom stereocenters. The Balaban J connectivity index is 2.08. The molecule has 1 aromatic carbocycles. The largest absolute Gasteiger partial charge is 0.383 e. The number of ether oxygens (including phenoxy) is 1. The zero-order valence-corrected chi connectivity index (χ0v) is 13.5. The fourth-order valence-electron chi connectivity index (χ4n) is 1.80. The van der Waals surface area contributed by atoms with E-state index in [4.69, 9.17) is 9.72 Å². The molecule has 0 saturated heterocycles. The number of hydrogen-bond acceptors (Lipinski definition) is 4. The molecule has 0 aliphatic carbocycles. The van der Waals surface area contributed by atoms with Gasteiger partial charge in [0, 0.05) is 35.1 Å². The Kier molecular flexibility index (Phi) is 5.51. The van der Waals surface area contributed by atoms with Crippen molar-refractivity contribution in [3.63, 3.8) is 0 Å². The Morgan fingerprint density at radius 1 is 1.42 bits per heavy atom. The molecule has 5 heteroatoms. The summed E-state index contributed by atoms with van der Waals surface area (Å²) in [5.74, 6) is 0. The lowest BCUT2D eigenvalue weighted by Crippen LogP contribution is -2.18. The van der Waals surface area contributed by atoms with Gasteiger partial charge in [-0.05, 0) is 19.1 Å². The third-order valence-corrected chi connectivity index (χ3v) is 4.16. The second kappa shape index (κ2) is 7.14. The van der Waals surface area contributed by atoms with Crippen LogP contribution in [-0.4, -0.2) is 25.2 Å². The average molecular weight is 341 g/mol. The summed E-state index contributed by atoms with van der Waals surface area (Å²) in [5.41, 5.74) is 2.24. The van der Waals surface area contributed by atoms with Crippen molar-refractivity contribution in [2.24, 2.45) is 0 Å². The first-order valence-corrected chi connectivity index (χ1v) is 7.73. The topological polar surface area (TPSA) is 34.1 Å². The monoisotopic (exact) mass is 340 g/mol. The van der Waals surface area contributed by atoms with E-state index in [1.165, 1.54) is 4.88 Å². The molecule has 102 valence electrons. The van der Waals surface area contributed by atoms with E-state index in [1.807, 2.05) is 12.1 Å². The Hall–Kier alpha value is -0.750. The summed E-state index contributed by atoms with van der Waals surface area (Å²) in [5, 5.41) is 4.43. The maximum Gasteiger partial charge on any atom is 0.107 e. The third-order valence-electron chi connectivity index (χ3n) is 2.70. The van der Waals surface area contributed by atoms with E-state index in [2.05, 4.69) is 40.3 Å². The van der Waals surface area contributed by atoms with Crippen LogP contribution in [0.1, 0.15) is 9.88 Å². The van der Waals surface area contributed by atoms with Crippen molar-refractivity contribution >= 4 is 27.3 Å². The van der Waals surface area contributed by atoms with Crippen LogP contribution in [-0.2, 0) is 11.3 Å². The normalized spacial score (nSPS) is 10.9. The van der Waals surface area contributed by atoms with Crippen LogP contribution < -0.4 is 5.32 Å². The molecule has 2 aromatic rings. The van der Waals surface area contributed by atoms with Crippen molar-refractivity contribution < 1.29 is 4.74 Å². The fourth-order valence-corrected chi connectivity index (χ4v) is 3.12. The van der Waals surface area contributed by atoms with E-state index in [0.29, 0.717) is 0 Å². The molecule has 0 aliphatic heterocycles. The number of nitrogens with one attached hydrogen (secondary N) is 1. The highest BCUT2D eigenvalue weighted by atomic mass is 79.9. The quantitative estimate of drug-likeness (QED) is 0.815. The minimum Gasteiger partial charge on any atom is -0.383 e. The van der Waals surface area contributed by atoms with E-state index in [-0.39, 0.29) is 0 Å². The van der Waals surface area contributed by atoms with E-state index in [9.17, 15) is 0 Å². The van der Waals surface area contributed by atoms with Crippen LogP contribution in [0.2, 0.25) is 0 Å². The molecular weight excluding hydrogens is 324 g/mol. The zero-order valence-electron chi connectivity index (χ0n) is 11.1. The molecule has 2 rings (SSSR count). The molecule has 1 N–H and O–H groups in total. The van der Waals surface area contributed by atoms with E-state index < -0.39 is 0 Å². The summed E-state index contributed by atoms with van der Waals surface area (Å²) in [6, 6.07) is 8.26. The summed E-state index contributed by atoms with van der Waals surface area (Å²) in [6.45, 7) is 4.49. The number of thiazole rings is 1.